The maximum Gasteiger partial charge on any atom is 0.333 e. The number of nitrogens with two attached hydrogens (primary N) is 1. The van der Waals surface area contributed by atoms with E-state index in [-0.39, 0.29) is 11.6 Å². The lowest BCUT2D eigenvalue weighted by Gasteiger charge is -2.39. The molecule has 2 heterocycles. The summed E-state index contributed by atoms with van der Waals surface area (Å²) in [6.45, 7) is 12.2. The third kappa shape index (κ3) is 4.62. The van der Waals surface area contributed by atoms with Crippen LogP contribution in [0.5, 0.6) is 11.5 Å². The molecule has 0 amide bonds. The number of aromatic amines is 2. The van der Waals surface area contributed by atoms with Gasteiger partial charge in [0.2, 0.25) is 0 Å². The summed E-state index contributed by atoms with van der Waals surface area (Å²) >= 11 is 0. The molecule has 4 rings (SSSR count). The van der Waals surface area contributed by atoms with E-state index in [0.29, 0.717) is 30.9 Å². The van der Waals surface area contributed by atoms with E-state index in [2.05, 4.69) is 22.8 Å². The lowest BCUT2D eigenvalue weighted by Crippen LogP contribution is -2.36. The van der Waals surface area contributed by atoms with Gasteiger partial charge in [-0.3, -0.25) is 10.2 Å². The molecule has 0 saturated heterocycles. The first-order valence-corrected chi connectivity index (χ1v) is 9.94. The minimum atomic E-state index is -0.361. The van der Waals surface area contributed by atoms with Gasteiger partial charge in [-0.2, -0.15) is 0 Å². The number of nitrogens with one attached hydrogen (secondary N) is 2. The number of carbonyl (C=O) groups is 1. The van der Waals surface area contributed by atoms with Gasteiger partial charge in [-0.05, 0) is 57.5 Å². The predicted octanol–water partition coefficient (Wildman–Crippen LogP) is 4.45. The average molecular weight is 412 g/mol. The molecule has 0 aliphatic carbocycles. The first kappa shape index (κ1) is 21.4. The normalized spacial score (nSPS) is 13.3. The topological polar surface area (TPSA) is 102 Å². The second-order valence-corrected chi connectivity index (χ2v) is 7.73. The Labute approximate surface area is 176 Å². The van der Waals surface area contributed by atoms with E-state index in [0.717, 1.165) is 33.7 Å². The smallest absolute Gasteiger partial charge is 0.333 e. The van der Waals surface area contributed by atoms with Crippen molar-refractivity contribution in [3.05, 3.63) is 53.6 Å². The summed E-state index contributed by atoms with van der Waals surface area (Å²) in [5.41, 5.74) is 11.1. The molecule has 7 heteroatoms. The number of benzene rings is 2. The molecule has 0 spiro atoms. The molecular formula is C23H29N3O4. The summed E-state index contributed by atoms with van der Waals surface area (Å²) in [7, 11) is 0. The highest BCUT2D eigenvalue weighted by molar-refractivity contribution is 5.86. The van der Waals surface area contributed by atoms with Crippen molar-refractivity contribution in [3.8, 4) is 11.5 Å². The third-order valence-electron chi connectivity index (χ3n) is 4.79. The van der Waals surface area contributed by atoms with Gasteiger partial charge in [0.05, 0.1) is 29.9 Å². The van der Waals surface area contributed by atoms with Gasteiger partial charge in [0, 0.05) is 23.6 Å². The lowest BCUT2D eigenvalue weighted by atomic mass is 9.88. The Balaban J connectivity index is 0.000000196. The van der Waals surface area contributed by atoms with Crippen molar-refractivity contribution in [3.63, 3.8) is 0 Å². The zero-order chi connectivity index (χ0) is 21.9. The van der Waals surface area contributed by atoms with Crippen LogP contribution in [0.25, 0.3) is 11.0 Å². The second kappa shape index (κ2) is 8.57. The Bertz CT molecular complexity index is 1060. The molecule has 1 aliphatic heterocycles. The quantitative estimate of drug-likeness (QED) is 0.316. The molecule has 7 nitrogen and oxygen atoms in total. The van der Waals surface area contributed by atoms with Gasteiger partial charge in [0.1, 0.15) is 11.4 Å². The van der Waals surface area contributed by atoms with Crippen molar-refractivity contribution in [1.29, 1.82) is 0 Å². The van der Waals surface area contributed by atoms with Crippen LogP contribution in [0.4, 0.5) is 5.69 Å². The van der Waals surface area contributed by atoms with E-state index in [1.54, 1.807) is 6.92 Å². The average Bonchev–Trinajstić information content (AvgIpc) is 2.66. The molecule has 30 heavy (non-hydrogen) atoms. The first-order valence-electron chi connectivity index (χ1n) is 9.94. The summed E-state index contributed by atoms with van der Waals surface area (Å²) in [6, 6.07) is 9.86. The minimum Gasteiger partial charge on any atom is -0.494 e. The van der Waals surface area contributed by atoms with Crippen molar-refractivity contribution in [1.82, 2.24) is 10.2 Å². The standard InChI is InChI=1S/C15H19NO3.C8H10N2O/c1-9(2)14(17)18-6-5-10-7-11-13(12(16)8-10)19-15(11,3)4;1-2-11-6-3-4-7-8(5-6)10-9-7/h7-8H,1,5-6,16H2,2-4H3;3-5,9-10H,2H2,1H3. The summed E-state index contributed by atoms with van der Waals surface area (Å²) in [4.78, 5) is 11.3. The Morgan fingerprint density at radius 2 is 1.93 bits per heavy atom. The lowest BCUT2D eigenvalue weighted by molar-refractivity contribution is -0.138. The van der Waals surface area contributed by atoms with Crippen molar-refractivity contribution in [2.75, 3.05) is 18.9 Å². The minimum absolute atomic E-state index is 0.284. The molecule has 160 valence electrons. The molecule has 2 aromatic carbocycles. The van der Waals surface area contributed by atoms with E-state index in [9.17, 15) is 4.79 Å². The van der Waals surface area contributed by atoms with Gasteiger partial charge in [-0.15, -0.1) is 0 Å². The highest BCUT2D eigenvalue weighted by Gasteiger charge is 2.38. The number of ether oxygens (including phenoxy) is 3. The third-order valence-corrected chi connectivity index (χ3v) is 4.79. The number of carbonyl (C=O) groups excluding carboxylic acids is 1. The summed E-state index contributed by atoms with van der Waals surface area (Å²) < 4.78 is 16.0. The number of rotatable bonds is 6. The second-order valence-electron chi connectivity index (χ2n) is 7.73. The highest BCUT2D eigenvalue weighted by Crippen LogP contribution is 2.47. The summed E-state index contributed by atoms with van der Waals surface area (Å²) in [5, 5.41) is 5.91. The molecule has 0 radical (unpaired) electrons. The molecule has 4 N–H and O–H groups in total. The fraction of sp³-hybridized carbons (Fsp3) is 0.348. The number of aromatic nitrogens is 2. The van der Waals surface area contributed by atoms with Crippen molar-refractivity contribution in [2.24, 2.45) is 0 Å². The van der Waals surface area contributed by atoms with Gasteiger partial charge in [-0.25, -0.2) is 4.79 Å². The number of H-pyrrole nitrogens is 2. The zero-order valence-electron chi connectivity index (χ0n) is 17.9. The SMILES string of the molecule is C=C(C)C(=O)OCCc1cc(N)c2c(c1)C(C)(C)O2.CCOc1ccc2[nH][nH]c2c1. The van der Waals surface area contributed by atoms with E-state index in [1.807, 2.05) is 45.0 Å². The summed E-state index contributed by atoms with van der Waals surface area (Å²) in [5.74, 6) is 1.33. The van der Waals surface area contributed by atoms with Crippen LogP contribution in [-0.4, -0.2) is 29.4 Å². The molecular weight excluding hydrogens is 382 g/mol. The number of fused-ring (bicyclic) bond motifs is 2. The first-order chi connectivity index (χ1) is 14.2. The van der Waals surface area contributed by atoms with E-state index >= 15 is 0 Å². The van der Waals surface area contributed by atoms with Crippen molar-refractivity contribution < 1.29 is 19.0 Å². The molecule has 1 aromatic heterocycles. The fourth-order valence-electron chi connectivity index (χ4n) is 3.13. The predicted molar refractivity (Wildman–Crippen MR) is 118 cm³/mol. The Morgan fingerprint density at radius 3 is 2.50 bits per heavy atom. The number of esters is 1. The number of hydrogen-bond donors (Lipinski definition) is 3. The van der Waals surface area contributed by atoms with Crippen LogP contribution >= 0.6 is 0 Å². The van der Waals surface area contributed by atoms with E-state index in [1.165, 1.54) is 0 Å². The molecule has 0 bridgehead atoms. The molecule has 3 aromatic rings. The summed E-state index contributed by atoms with van der Waals surface area (Å²) in [6.07, 6.45) is 0.632. The van der Waals surface area contributed by atoms with Gasteiger partial charge in [-0.1, -0.05) is 6.58 Å². The number of nitrogen functional groups attached to an aromatic ring is 1. The van der Waals surface area contributed by atoms with Crippen LogP contribution < -0.4 is 15.2 Å². The van der Waals surface area contributed by atoms with Crippen LogP contribution in [0.2, 0.25) is 0 Å². The Kier molecular flexibility index (Phi) is 6.10. The maximum absolute atomic E-state index is 11.3. The van der Waals surface area contributed by atoms with Gasteiger partial charge in [0.25, 0.3) is 0 Å². The largest absolute Gasteiger partial charge is 0.494 e. The zero-order valence-corrected chi connectivity index (χ0v) is 17.9. The number of anilines is 1. The van der Waals surface area contributed by atoms with Crippen LogP contribution in [0, 0.1) is 0 Å². The van der Waals surface area contributed by atoms with Crippen LogP contribution in [-0.2, 0) is 21.6 Å². The molecule has 1 aliphatic rings. The molecule has 0 unspecified atom stereocenters. The Morgan fingerprint density at radius 1 is 1.20 bits per heavy atom. The van der Waals surface area contributed by atoms with Gasteiger partial charge >= 0.3 is 5.97 Å². The molecule has 0 saturated carbocycles. The van der Waals surface area contributed by atoms with Gasteiger partial charge < -0.3 is 19.9 Å². The molecule has 0 atom stereocenters. The maximum atomic E-state index is 11.3. The number of hydrogen-bond acceptors (Lipinski definition) is 5. The van der Waals surface area contributed by atoms with Crippen LogP contribution in [0.3, 0.4) is 0 Å². The monoisotopic (exact) mass is 411 g/mol. The Hall–Kier alpha value is -3.35. The molecule has 0 fully saturated rings. The van der Waals surface area contributed by atoms with E-state index in [4.69, 9.17) is 19.9 Å². The fourth-order valence-corrected chi connectivity index (χ4v) is 3.13. The van der Waals surface area contributed by atoms with E-state index < -0.39 is 0 Å². The van der Waals surface area contributed by atoms with Crippen LogP contribution in [0.1, 0.15) is 38.8 Å². The van der Waals surface area contributed by atoms with Crippen LogP contribution in [0.15, 0.2) is 42.5 Å². The highest BCUT2D eigenvalue weighted by atomic mass is 16.5. The van der Waals surface area contributed by atoms with Crippen molar-refractivity contribution in [2.45, 2.75) is 39.7 Å². The van der Waals surface area contributed by atoms with Gasteiger partial charge in [0.15, 0.2) is 5.75 Å². The van der Waals surface area contributed by atoms with Crippen molar-refractivity contribution >= 4 is 22.7 Å².